The molecule has 0 unspecified atom stereocenters. The highest BCUT2D eigenvalue weighted by Crippen LogP contribution is 2.28. The molecule has 0 radical (unpaired) electrons. The molecule has 104 valence electrons. The third-order valence-electron chi connectivity index (χ3n) is 2.51. The second-order valence-corrected chi connectivity index (χ2v) is 4.44. The lowest BCUT2D eigenvalue weighted by molar-refractivity contribution is -0.384. The van der Waals surface area contributed by atoms with E-state index in [2.05, 4.69) is 5.10 Å². The smallest absolute Gasteiger partial charge is 0.295 e. The van der Waals surface area contributed by atoms with Gasteiger partial charge in [0, 0.05) is 17.2 Å². The molecule has 1 aromatic carbocycles. The summed E-state index contributed by atoms with van der Waals surface area (Å²) < 4.78 is 1.16. The van der Waals surface area contributed by atoms with Crippen LogP contribution in [0.25, 0.3) is 5.69 Å². The molecule has 0 saturated carbocycles. The number of carbonyl (C=O) groups is 1. The number of nitro groups is 1. The van der Waals surface area contributed by atoms with E-state index >= 15 is 0 Å². The summed E-state index contributed by atoms with van der Waals surface area (Å²) in [6.45, 7) is 0. The van der Waals surface area contributed by atoms with Crippen LogP contribution < -0.4 is 11.5 Å². The number of amides is 1. The van der Waals surface area contributed by atoms with Gasteiger partial charge < -0.3 is 11.5 Å². The second-order valence-electron chi connectivity index (χ2n) is 4.01. The number of aromatic nitrogens is 2. The highest BCUT2D eigenvalue weighted by molar-refractivity contribution is 6.30. The first kappa shape index (κ1) is 13.8. The first-order valence-corrected chi connectivity index (χ1v) is 5.83. The van der Waals surface area contributed by atoms with Crippen LogP contribution in [0, 0.1) is 10.1 Å². The number of carbonyl (C=O) groups excluding carboxylic acids is 1. The molecule has 9 heteroatoms. The fraction of sp³-hybridized carbons (Fsp3) is 0.0909. The monoisotopic (exact) mass is 295 g/mol. The average Bonchev–Trinajstić information content (AvgIpc) is 2.68. The molecule has 0 fully saturated rings. The summed E-state index contributed by atoms with van der Waals surface area (Å²) in [7, 11) is 0. The van der Waals surface area contributed by atoms with E-state index in [9.17, 15) is 14.9 Å². The number of nitrogen functional groups attached to an aromatic ring is 1. The lowest BCUT2D eigenvalue weighted by atomic mass is 10.2. The second kappa shape index (κ2) is 5.17. The summed E-state index contributed by atoms with van der Waals surface area (Å²) in [5, 5.41) is 15.3. The SMILES string of the molecule is NC(=O)Cc1cc(N)n(-c2cc(Cl)ccc2[N+](=O)[O-])n1. The molecule has 1 aromatic heterocycles. The van der Waals surface area contributed by atoms with Gasteiger partial charge in [-0.2, -0.15) is 5.10 Å². The van der Waals surface area contributed by atoms with Crippen molar-refractivity contribution in [2.24, 2.45) is 5.73 Å². The topological polar surface area (TPSA) is 130 Å². The van der Waals surface area contributed by atoms with Gasteiger partial charge in [0.05, 0.1) is 17.0 Å². The van der Waals surface area contributed by atoms with E-state index in [0.717, 1.165) is 4.68 Å². The van der Waals surface area contributed by atoms with Gasteiger partial charge in [0.15, 0.2) is 0 Å². The Morgan fingerprint density at radius 2 is 2.15 bits per heavy atom. The molecule has 0 aliphatic rings. The maximum Gasteiger partial charge on any atom is 0.295 e. The molecule has 8 nitrogen and oxygen atoms in total. The van der Waals surface area contributed by atoms with Crippen molar-refractivity contribution in [2.75, 3.05) is 5.73 Å². The summed E-state index contributed by atoms with van der Waals surface area (Å²) in [6, 6.07) is 5.45. The van der Waals surface area contributed by atoms with Gasteiger partial charge in [0.1, 0.15) is 11.5 Å². The first-order valence-electron chi connectivity index (χ1n) is 5.45. The maximum absolute atomic E-state index is 11.0. The van der Waals surface area contributed by atoms with Crippen LogP contribution in [0.2, 0.25) is 5.02 Å². The molecular formula is C11H10ClN5O3. The molecule has 0 aliphatic heterocycles. The zero-order valence-corrected chi connectivity index (χ0v) is 10.9. The largest absolute Gasteiger partial charge is 0.384 e. The zero-order valence-electron chi connectivity index (χ0n) is 10.1. The summed E-state index contributed by atoms with van der Waals surface area (Å²) in [5.41, 5.74) is 11.1. The van der Waals surface area contributed by atoms with E-state index in [0.29, 0.717) is 10.7 Å². The van der Waals surface area contributed by atoms with E-state index < -0.39 is 10.8 Å². The van der Waals surface area contributed by atoms with E-state index in [4.69, 9.17) is 23.1 Å². The Balaban J connectivity index is 2.56. The van der Waals surface area contributed by atoms with Crippen molar-refractivity contribution in [3.63, 3.8) is 0 Å². The number of nitro benzene ring substituents is 1. The summed E-state index contributed by atoms with van der Waals surface area (Å²) >= 11 is 5.84. The number of halogens is 1. The number of nitrogens with two attached hydrogens (primary N) is 2. The number of primary amides is 1. The van der Waals surface area contributed by atoms with Gasteiger partial charge in [0.25, 0.3) is 5.69 Å². The van der Waals surface area contributed by atoms with Crippen LogP contribution in [-0.2, 0) is 11.2 Å². The van der Waals surface area contributed by atoms with Gasteiger partial charge in [0.2, 0.25) is 5.91 Å². The maximum atomic E-state index is 11.0. The number of anilines is 1. The Labute approximate surface area is 118 Å². The molecular weight excluding hydrogens is 286 g/mol. The van der Waals surface area contributed by atoms with Crippen molar-refractivity contribution in [2.45, 2.75) is 6.42 Å². The van der Waals surface area contributed by atoms with E-state index in [1.165, 1.54) is 24.3 Å². The van der Waals surface area contributed by atoms with Gasteiger partial charge >= 0.3 is 0 Å². The summed E-state index contributed by atoms with van der Waals surface area (Å²) in [6.07, 6.45) is -0.106. The van der Waals surface area contributed by atoms with Gasteiger partial charge in [-0.05, 0) is 12.1 Å². The van der Waals surface area contributed by atoms with Crippen LogP contribution in [0.5, 0.6) is 0 Å². The quantitative estimate of drug-likeness (QED) is 0.643. The van der Waals surface area contributed by atoms with Crippen molar-refractivity contribution in [1.29, 1.82) is 0 Å². The van der Waals surface area contributed by atoms with Crippen LogP contribution in [0.15, 0.2) is 24.3 Å². The number of benzene rings is 1. The van der Waals surface area contributed by atoms with Crippen LogP contribution in [0.4, 0.5) is 11.5 Å². The Bertz CT molecular complexity index is 697. The number of nitrogens with zero attached hydrogens (tertiary/aromatic N) is 3. The minimum atomic E-state index is -0.574. The van der Waals surface area contributed by atoms with Crippen molar-refractivity contribution >= 4 is 29.0 Å². The third kappa shape index (κ3) is 2.69. The molecule has 1 heterocycles. The van der Waals surface area contributed by atoms with Crippen molar-refractivity contribution in [3.05, 3.63) is 45.1 Å². The van der Waals surface area contributed by atoms with E-state index in [1.807, 2.05) is 0 Å². The number of hydrogen-bond acceptors (Lipinski definition) is 5. The molecule has 2 aromatic rings. The number of rotatable bonds is 4. The molecule has 4 N–H and O–H groups in total. The Morgan fingerprint density at radius 1 is 1.45 bits per heavy atom. The lowest BCUT2D eigenvalue weighted by Crippen LogP contribution is -2.14. The normalized spacial score (nSPS) is 10.4. The van der Waals surface area contributed by atoms with E-state index in [-0.39, 0.29) is 23.6 Å². The van der Waals surface area contributed by atoms with Crippen molar-refractivity contribution < 1.29 is 9.72 Å². The molecule has 0 atom stereocenters. The summed E-state index contributed by atoms with van der Waals surface area (Å²) in [4.78, 5) is 21.3. The van der Waals surface area contributed by atoms with Crippen LogP contribution in [-0.4, -0.2) is 20.6 Å². The number of hydrogen-bond donors (Lipinski definition) is 2. The first-order chi connectivity index (χ1) is 9.38. The van der Waals surface area contributed by atoms with Crippen LogP contribution >= 0.6 is 11.6 Å². The Morgan fingerprint density at radius 3 is 2.75 bits per heavy atom. The van der Waals surface area contributed by atoms with Gasteiger partial charge in [-0.1, -0.05) is 11.6 Å². The highest BCUT2D eigenvalue weighted by atomic mass is 35.5. The average molecular weight is 296 g/mol. The van der Waals surface area contributed by atoms with E-state index in [1.54, 1.807) is 0 Å². The zero-order chi connectivity index (χ0) is 14.9. The molecule has 20 heavy (non-hydrogen) atoms. The van der Waals surface area contributed by atoms with Crippen molar-refractivity contribution in [3.8, 4) is 5.69 Å². The summed E-state index contributed by atoms with van der Waals surface area (Å²) in [5.74, 6) is -0.429. The van der Waals surface area contributed by atoms with Crippen molar-refractivity contribution in [1.82, 2.24) is 9.78 Å². The molecule has 0 saturated heterocycles. The van der Waals surface area contributed by atoms with Crippen LogP contribution in [0.1, 0.15) is 5.69 Å². The molecule has 0 spiro atoms. The van der Waals surface area contributed by atoms with Gasteiger partial charge in [-0.15, -0.1) is 0 Å². The molecule has 1 amide bonds. The lowest BCUT2D eigenvalue weighted by Gasteiger charge is -2.05. The predicted octanol–water partition coefficient (Wildman–Crippen LogP) is 1.04. The van der Waals surface area contributed by atoms with Gasteiger partial charge in [-0.25, -0.2) is 4.68 Å². The molecule has 0 bridgehead atoms. The minimum absolute atomic E-state index is 0.106. The standard InChI is InChI=1S/C11H10ClN5O3/c12-6-1-2-8(17(19)20)9(3-6)16-10(13)4-7(15-16)5-11(14)18/h1-4H,5,13H2,(H2,14,18). The van der Waals surface area contributed by atoms with Crippen LogP contribution in [0.3, 0.4) is 0 Å². The minimum Gasteiger partial charge on any atom is -0.384 e. The molecule has 0 aliphatic carbocycles. The fourth-order valence-electron chi connectivity index (χ4n) is 1.73. The predicted molar refractivity (Wildman–Crippen MR) is 72.5 cm³/mol. The van der Waals surface area contributed by atoms with Gasteiger partial charge in [-0.3, -0.25) is 14.9 Å². The molecule has 2 rings (SSSR count). The Hall–Kier alpha value is -2.61. The fourth-order valence-corrected chi connectivity index (χ4v) is 1.89. The highest BCUT2D eigenvalue weighted by Gasteiger charge is 2.19. The third-order valence-corrected chi connectivity index (χ3v) is 2.74. The Kier molecular flexibility index (Phi) is 3.57.